The molecule has 2 nitrogen and oxygen atoms in total. The molecule has 0 saturated carbocycles. The van der Waals surface area contributed by atoms with Crippen LogP contribution in [0.25, 0.3) is 0 Å². The maximum absolute atomic E-state index is 13.5. The molecule has 1 aliphatic heterocycles. The Morgan fingerprint density at radius 1 is 1.28 bits per heavy atom. The van der Waals surface area contributed by atoms with E-state index in [4.69, 9.17) is 0 Å². The fourth-order valence-electron chi connectivity index (χ4n) is 2.50. The smallest absolute Gasteiger partial charge is 0.146 e. The third-order valence-electron chi connectivity index (χ3n) is 3.78. The molecule has 100 valence electrons. The fraction of sp³-hybridized carbons (Fsp3) is 0.571. The number of likely N-dealkylation sites (tertiary alicyclic amines) is 1. The zero-order valence-electron chi connectivity index (χ0n) is 10.9. The van der Waals surface area contributed by atoms with Gasteiger partial charge in [-0.1, -0.05) is 0 Å². The molecule has 1 fully saturated rings. The van der Waals surface area contributed by atoms with E-state index in [1.807, 2.05) is 6.92 Å². The summed E-state index contributed by atoms with van der Waals surface area (Å²) in [5.74, 6) is -0.283. The highest BCUT2D eigenvalue weighted by Gasteiger charge is 2.22. The molecule has 1 heterocycles. The second-order valence-corrected chi connectivity index (χ2v) is 5.20. The summed E-state index contributed by atoms with van der Waals surface area (Å²) in [5, 5.41) is 3.10. The first-order valence-electron chi connectivity index (χ1n) is 6.46. The molecule has 1 aromatic carbocycles. The molecule has 2 rings (SSSR count). The van der Waals surface area contributed by atoms with Crippen LogP contribution in [0.4, 0.5) is 14.5 Å². The third-order valence-corrected chi connectivity index (χ3v) is 3.78. The van der Waals surface area contributed by atoms with E-state index in [-0.39, 0.29) is 11.7 Å². The van der Waals surface area contributed by atoms with Gasteiger partial charge in [-0.05, 0) is 64.0 Å². The van der Waals surface area contributed by atoms with Crippen molar-refractivity contribution in [1.82, 2.24) is 4.90 Å². The molecular formula is C14H20F2N2. The van der Waals surface area contributed by atoms with Crippen molar-refractivity contribution < 1.29 is 8.78 Å². The first-order valence-corrected chi connectivity index (χ1v) is 6.46. The maximum Gasteiger partial charge on any atom is 0.146 e. The Bertz CT molecular complexity index is 401. The first kappa shape index (κ1) is 13.3. The Balaban J connectivity index is 1.98. The summed E-state index contributed by atoms with van der Waals surface area (Å²) < 4.78 is 26.6. The van der Waals surface area contributed by atoms with Crippen LogP contribution in [0.15, 0.2) is 18.2 Å². The number of hydrogen-bond donors (Lipinski definition) is 1. The lowest BCUT2D eigenvalue weighted by Crippen LogP contribution is -2.37. The van der Waals surface area contributed by atoms with Gasteiger partial charge in [0.15, 0.2) is 0 Å². The minimum Gasteiger partial charge on any atom is -0.380 e. The number of rotatable bonds is 3. The Labute approximate surface area is 107 Å². The topological polar surface area (TPSA) is 15.3 Å². The average Bonchev–Trinajstić information content (AvgIpc) is 2.34. The lowest BCUT2D eigenvalue weighted by Gasteiger charge is -2.33. The van der Waals surface area contributed by atoms with E-state index in [1.54, 1.807) is 0 Å². The van der Waals surface area contributed by atoms with Crippen LogP contribution in [0, 0.1) is 17.6 Å². The molecule has 1 saturated heterocycles. The van der Waals surface area contributed by atoms with Gasteiger partial charge < -0.3 is 10.2 Å². The van der Waals surface area contributed by atoms with Gasteiger partial charge in [-0.15, -0.1) is 0 Å². The van der Waals surface area contributed by atoms with Gasteiger partial charge in [-0.2, -0.15) is 0 Å². The summed E-state index contributed by atoms with van der Waals surface area (Å²) in [5.41, 5.74) is 0.265. The zero-order chi connectivity index (χ0) is 13.1. The Hall–Kier alpha value is -1.16. The van der Waals surface area contributed by atoms with E-state index in [0.717, 1.165) is 32.0 Å². The van der Waals surface area contributed by atoms with Crippen LogP contribution in [0.2, 0.25) is 0 Å². The molecule has 0 radical (unpaired) electrons. The molecule has 0 spiro atoms. The molecule has 1 N–H and O–H groups in total. The van der Waals surface area contributed by atoms with E-state index in [2.05, 4.69) is 17.3 Å². The highest BCUT2D eigenvalue weighted by molar-refractivity contribution is 5.45. The molecule has 1 atom stereocenters. The first-order chi connectivity index (χ1) is 8.56. The van der Waals surface area contributed by atoms with Gasteiger partial charge >= 0.3 is 0 Å². The summed E-state index contributed by atoms with van der Waals surface area (Å²) in [6, 6.07) is 3.69. The number of piperidine rings is 1. The van der Waals surface area contributed by atoms with Gasteiger partial charge in [0, 0.05) is 6.04 Å². The average molecular weight is 254 g/mol. The minimum atomic E-state index is -0.408. The molecule has 0 aromatic heterocycles. The summed E-state index contributed by atoms with van der Waals surface area (Å²) in [6.45, 7) is 4.19. The monoisotopic (exact) mass is 254 g/mol. The molecule has 1 aromatic rings. The van der Waals surface area contributed by atoms with E-state index in [1.165, 1.54) is 12.1 Å². The van der Waals surface area contributed by atoms with Crippen molar-refractivity contribution >= 4 is 5.69 Å². The number of anilines is 1. The molecule has 18 heavy (non-hydrogen) atoms. The highest BCUT2D eigenvalue weighted by atomic mass is 19.1. The predicted molar refractivity (Wildman–Crippen MR) is 69.7 cm³/mol. The highest BCUT2D eigenvalue weighted by Crippen LogP contribution is 2.24. The number of hydrogen-bond acceptors (Lipinski definition) is 2. The summed E-state index contributed by atoms with van der Waals surface area (Å²) in [7, 11) is 2.11. The van der Waals surface area contributed by atoms with E-state index < -0.39 is 11.6 Å². The second kappa shape index (κ2) is 5.65. The number of halogens is 2. The quantitative estimate of drug-likeness (QED) is 0.891. The summed E-state index contributed by atoms with van der Waals surface area (Å²) in [4.78, 5) is 2.30. The van der Waals surface area contributed by atoms with Crippen LogP contribution in [0.1, 0.15) is 19.8 Å². The predicted octanol–water partition coefficient (Wildman–Crippen LogP) is 3.11. The summed E-state index contributed by atoms with van der Waals surface area (Å²) >= 11 is 0. The van der Waals surface area contributed by atoms with Crippen molar-refractivity contribution in [2.45, 2.75) is 25.8 Å². The normalized spacial score (nSPS) is 19.8. The SMILES string of the molecule is CC(Nc1cc(F)ccc1F)C1CCN(C)CC1. The molecule has 0 amide bonds. The van der Waals surface area contributed by atoms with Gasteiger partial charge in [0.1, 0.15) is 11.6 Å². The largest absolute Gasteiger partial charge is 0.380 e. The van der Waals surface area contributed by atoms with Gasteiger partial charge in [-0.25, -0.2) is 8.78 Å². The van der Waals surface area contributed by atoms with Crippen LogP contribution in [-0.2, 0) is 0 Å². The lowest BCUT2D eigenvalue weighted by atomic mass is 9.90. The number of benzene rings is 1. The van der Waals surface area contributed by atoms with E-state index in [9.17, 15) is 8.78 Å². The lowest BCUT2D eigenvalue weighted by molar-refractivity contribution is 0.208. The Morgan fingerprint density at radius 2 is 1.94 bits per heavy atom. The van der Waals surface area contributed by atoms with E-state index >= 15 is 0 Å². The maximum atomic E-state index is 13.5. The molecule has 0 bridgehead atoms. The minimum absolute atomic E-state index is 0.162. The van der Waals surface area contributed by atoms with Crippen LogP contribution < -0.4 is 5.32 Å². The molecule has 0 aliphatic carbocycles. The molecule has 4 heteroatoms. The second-order valence-electron chi connectivity index (χ2n) is 5.20. The van der Waals surface area contributed by atoms with Crippen molar-refractivity contribution in [2.24, 2.45) is 5.92 Å². The summed E-state index contributed by atoms with van der Waals surface area (Å²) in [6.07, 6.45) is 2.20. The Morgan fingerprint density at radius 3 is 2.61 bits per heavy atom. The van der Waals surface area contributed by atoms with Gasteiger partial charge in [0.05, 0.1) is 5.69 Å². The fourth-order valence-corrected chi connectivity index (χ4v) is 2.50. The van der Waals surface area contributed by atoms with Gasteiger partial charge in [0.25, 0.3) is 0 Å². The van der Waals surface area contributed by atoms with Crippen molar-refractivity contribution in [2.75, 3.05) is 25.5 Å². The molecule has 1 aliphatic rings. The van der Waals surface area contributed by atoms with E-state index in [0.29, 0.717) is 5.92 Å². The number of nitrogens with one attached hydrogen (secondary N) is 1. The molecule has 1 unspecified atom stereocenters. The van der Waals surface area contributed by atoms with Gasteiger partial charge in [-0.3, -0.25) is 0 Å². The number of nitrogens with zero attached hydrogens (tertiary/aromatic N) is 1. The zero-order valence-corrected chi connectivity index (χ0v) is 10.9. The van der Waals surface area contributed by atoms with Crippen molar-refractivity contribution in [3.63, 3.8) is 0 Å². The van der Waals surface area contributed by atoms with Crippen molar-refractivity contribution in [3.8, 4) is 0 Å². The van der Waals surface area contributed by atoms with Crippen LogP contribution >= 0.6 is 0 Å². The van der Waals surface area contributed by atoms with Crippen LogP contribution in [-0.4, -0.2) is 31.1 Å². The molecular weight excluding hydrogens is 234 g/mol. The van der Waals surface area contributed by atoms with Crippen LogP contribution in [0.5, 0.6) is 0 Å². The van der Waals surface area contributed by atoms with Crippen molar-refractivity contribution in [3.05, 3.63) is 29.8 Å². The van der Waals surface area contributed by atoms with Gasteiger partial charge in [0.2, 0.25) is 0 Å². The third kappa shape index (κ3) is 3.19. The Kier molecular flexibility index (Phi) is 4.17. The van der Waals surface area contributed by atoms with Crippen LogP contribution in [0.3, 0.4) is 0 Å². The van der Waals surface area contributed by atoms with Crippen molar-refractivity contribution in [1.29, 1.82) is 0 Å². The standard InChI is InChI=1S/C14H20F2N2/c1-10(11-5-7-18(2)8-6-11)17-14-9-12(15)3-4-13(14)16/h3-4,9-11,17H,5-8H2,1-2H3.